The molecule has 1 aliphatic carbocycles. The number of nitrogens with one attached hydrogen (secondary N) is 2. The van der Waals surface area contributed by atoms with Crippen molar-refractivity contribution in [1.82, 2.24) is 35.6 Å². The van der Waals surface area contributed by atoms with E-state index < -0.39 is 0 Å². The second kappa shape index (κ2) is 7.90. The summed E-state index contributed by atoms with van der Waals surface area (Å²) in [6, 6.07) is 0.544. The van der Waals surface area contributed by atoms with Gasteiger partial charge < -0.3 is 10.6 Å². The highest BCUT2D eigenvalue weighted by atomic mass is 16.2. The summed E-state index contributed by atoms with van der Waals surface area (Å²) in [5, 5.41) is 14.4. The Bertz CT molecular complexity index is 767. The minimum Gasteiger partial charge on any atom is -0.343 e. The van der Waals surface area contributed by atoms with Crippen molar-refractivity contribution in [2.24, 2.45) is 0 Å². The Labute approximate surface area is 152 Å². The van der Waals surface area contributed by atoms with E-state index >= 15 is 0 Å². The zero-order valence-electron chi connectivity index (χ0n) is 14.9. The van der Waals surface area contributed by atoms with Crippen molar-refractivity contribution in [2.45, 2.75) is 64.1 Å². The number of aryl methyl sites for hydroxylation is 3. The number of amides is 1. The van der Waals surface area contributed by atoms with E-state index in [1.54, 1.807) is 10.9 Å². The molecule has 0 bridgehead atoms. The normalized spacial score (nSPS) is 19.3. The van der Waals surface area contributed by atoms with Crippen LogP contribution in [0.3, 0.4) is 0 Å². The molecule has 8 heteroatoms. The highest BCUT2D eigenvalue weighted by Crippen LogP contribution is 2.18. The van der Waals surface area contributed by atoms with Crippen molar-refractivity contribution in [2.75, 3.05) is 6.54 Å². The van der Waals surface area contributed by atoms with Gasteiger partial charge in [0.2, 0.25) is 0 Å². The first kappa shape index (κ1) is 17.1. The van der Waals surface area contributed by atoms with Crippen molar-refractivity contribution in [3.63, 3.8) is 0 Å². The highest BCUT2D eigenvalue weighted by molar-refractivity contribution is 5.91. The van der Waals surface area contributed by atoms with Crippen LogP contribution in [0.4, 0.5) is 0 Å². The van der Waals surface area contributed by atoms with Gasteiger partial charge in [-0.25, -0.2) is 9.97 Å². The maximum atomic E-state index is 12.3. The molecule has 8 nitrogen and oxygen atoms in total. The maximum absolute atomic E-state index is 12.3. The first-order valence-electron chi connectivity index (χ1n) is 9.53. The van der Waals surface area contributed by atoms with E-state index in [1.807, 2.05) is 6.20 Å². The molecule has 2 aromatic rings. The molecule has 2 aromatic heterocycles. The zero-order valence-corrected chi connectivity index (χ0v) is 14.9. The molecule has 3 heterocycles. The molecule has 4 rings (SSSR count). The molecular weight excluding hydrogens is 330 g/mol. The fourth-order valence-electron chi connectivity index (χ4n) is 3.66. The molecule has 0 aromatic carbocycles. The van der Waals surface area contributed by atoms with Crippen LogP contribution in [0.15, 0.2) is 12.4 Å². The van der Waals surface area contributed by atoms with Crippen LogP contribution in [0.25, 0.3) is 0 Å². The molecule has 26 heavy (non-hydrogen) atoms. The van der Waals surface area contributed by atoms with Gasteiger partial charge in [-0.3, -0.25) is 9.48 Å². The van der Waals surface area contributed by atoms with Crippen molar-refractivity contribution >= 4 is 5.91 Å². The molecule has 0 radical (unpaired) electrons. The monoisotopic (exact) mass is 355 g/mol. The maximum Gasteiger partial charge on any atom is 0.273 e. The van der Waals surface area contributed by atoms with Crippen LogP contribution < -0.4 is 10.6 Å². The molecule has 1 unspecified atom stereocenters. The molecular formula is C18H25N7O. The Hall–Kier alpha value is -2.35. The largest absolute Gasteiger partial charge is 0.343 e. The topological polar surface area (TPSA) is 97.6 Å². The summed E-state index contributed by atoms with van der Waals surface area (Å²) in [4.78, 5) is 21.1. The third-order valence-electron chi connectivity index (χ3n) is 5.16. The summed E-state index contributed by atoms with van der Waals surface area (Å²) in [6.45, 7) is 2.18. The van der Waals surface area contributed by atoms with Crippen molar-refractivity contribution in [3.8, 4) is 0 Å². The lowest BCUT2D eigenvalue weighted by Gasteiger charge is -2.23. The summed E-state index contributed by atoms with van der Waals surface area (Å²) in [5.74, 6) is 0.408. The highest BCUT2D eigenvalue weighted by Gasteiger charge is 2.16. The Morgan fingerprint density at radius 1 is 1.31 bits per heavy atom. The molecule has 1 saturated heterocycles. The molecule has 0 saturated carbocycles. The van der Waals surface area contributed by atoms with Gasteiger partial charge in [0.1, 0.15) is 5.82 Å². The standard InChI is InChI=1S/C18H25N7O/c26-18(21-11-17-20-10-13-4-3-6-15(13)22-17)16-12-25(24-23-16)9-7-14-5-1-2-8-19-14/h10,12,14,19H,1-9,11H2,(H,21,26). The molecule has 138 valence electrons. The summed E-state index contributed by atoms with van der Waals surface area (Å²) in [5.41, 5.74) is 2.68. The number of fused-ring (bicyclic) bond motifs is 1. The molecule has 1 fully saturated rings. The van der Waals surface area contributed by atoms with E-state index in [4.69, 9.17) is 0 Å². The van der Waals surface area contributed by atoms with Gasteiger partial charge in [0.25, 0.3) is 5.91 Å². The van der Waals surface area contributed by atoms with Crippen LogP contribution in [-0.2, 0) is 25.9 Å². The first-order chi connectivity index (χ1) is 12.8. The van der Waals surface area contributed by atoms with Gasteiger partial charge in [-0.05, 0) is 50.6 Å². The summed E-state index contributed by atoms with van der Waals surface area (Å²) >= 11 is 0. The number of hydrogen-bond donors (Lipinski definition) is 2. The lowest BCUT2D eigenvalue weighted by molar-refractivity contribution is 0.0944. The number of nitrogens with zero attached hydrogens (tertiary/aromatic N) is 5. The van der Waals surface area contributed by atoms with Crippen LogP contribution in [0.2, 0.25) is 0 Å². The van der Waals surface area contributed by atoms with Crippen molar-refractivity contribution in [1.29, 1.82) is 0 Å². The zero-order chi connectivity index (χ0) is 17.8. The van der Waals surface area contributed by atoms with Crippen LogP contribution >= 0.6 is 0 Å². The van der Waals surface area contributed by atoms with Crippen molar-refractivity contribution < 1.29 is 4.79 Å². The number of rotatable bonds is 6. The van der Waals surface area contributed by atoms with Crippen LogP contribution in [0.1, 0.15) is 59.7 Å². The van der Waals surface area contributed by atoms with E-state index in [2.05, 4.69) is 30.9 Å². The molecule has 1 atom stereocenters. The van der Waals surface area contributed by atoms with Crippen LogP contribution in [0.5, 0.6) is 0 Å². The van der Waals surface area contributed by atoms with Gasteiger partial charge >= 0.3 is 0 Å². The van der Waals surface area contributed by atoms with Crippen LogP contribution in [0, 0.1) is 0 Å². The number of carbonyl (C=O) groups is 1. The Morgan fingerprint density at radius 2 is 2.27 bits per heavy atom. The minimum absolute atomic E-state index is 0.240. The second-order valence-electron chi connectivity index (χ2n) is 7.10. The predicted molar refractivity (Wildman–Crippen MR) is 95.5 cm³/mol. The average Bonchev–Trinajstić information content (AvgIpc) is 3.34. The number of carbonyl (C=O) groups excluding carboxylic acids is 1. The molecule has 2 aliphatic rings. The van der Waals surface area contributed by atoms with E-state index in [0.717, 1.165) is 44.5 Å². The summed E-state index contributed by atoms with van der Waals surface area (Å²) in [7, 11) is 0. The minimum atomic E-state index is -0.240. The van der Waals surface area contributed by atoms with Gasteiger partial charge in [-0.2, -0.15) is 0 Å². The molecule has 1 amide bonds. The number of aromatic nitrogens is 5. The molecule has 0 spiro atoms. The summed E-state index contributed by atoms with van der Waals surface area (Å²) < 4.78 is 1.75. The van der Waals surface area contributed by atoms with Gasteiger partial charge in [0, 0.05) is 24.5 Å². The van der Waals surface area contributed by atoms with Crippen molar-refractivity contribution in [3.05, 3.63) is 35.2 Å². The van der Waals surface area contributed by atoms with Gasteiger partial charge in [-0.15, -0.1) is 5.10 Å². The van der Waals surface area contributed by atoms with Gasteiger partial charge in [0.05, 0.1) is 12.7 Å². The fraction of sp³-hybridized carbons (Fsp3) is 0.611. The van der Waals surface area contributed by atoms with Gasteiger partial charge in [-0.1, -0.05) is 11.6 Å². The number of hydrogen-bond acceptors (Lipinski definition) is 6. The Balaban J connectivity index is 1.27. The van der Waals surface area contributed by atoms with E-state index in [9.17, 15) is 4.79 Å². The van der Waals surface area contributed by atoms with Crippen LogP contribution in [-0.4, -0.2) is 43.5 Å². The molecule has 2 N–H and O–H groups in total. The van der Waals surface area contributed by atoms with E-state index in [0.29, 0.717) is 24.1 Å². The Morgan fingerprint density at radius 3 is 3.15 bits per heavy atom. The third-order valence-corrected chi connectivity index (χ3v) is 5.16. The summed E-state index contributed by atoms with van der Waals surface area (Å²) in [6.07, 6.45) is 11.6. The average molecular weight is 355 g/mol. The van der Waals surface area contributed by atoms with E-state index in [-0.39, 0.29) is 5.91 Å². The number of piperidine rings is 1. The lowest BCUT2D eigenvalue weighted by atomic mass is 10.0. The van der Waals surface area contributed by atoms with E-state index in [1.165, 1.54) is 24.8 Å². The Kier molecular flexibility index (Phi) is 5.19. The second-order valence-corrected chi connectivity index (χ2v) is 7.10. The quantitative estimate of drug-likeness (QED) is 0.803. The lowest BCUT2D eigenvalue weighted by Crippen LogP contribution is -2.34. The predicted octanol–water partition coefficient (Wildman–Crippen LogP) is 1.02. The first-order valence-corrected chi connectivity index (χ1v) is 9.53. The van der Waals surface area contributed by atoms with Gasteiger partial charge in [0.15, 0.2) is 5.69 Å². The molecule has 1 aliphatic heterocycles. The third kappa shape index (κ3) is 4.07. The SMILES string of the molecule is O=C(NCc1ncc2c(n1)CCC2)c1cn(CCC2CCCCN2)nn1. The smallest absolute Gasteiger partial charge is 0.273 e. The fourth-order valence-corrected chi connectivity index (χ4v) is 3.66.